The number of carbonyl (C=O) groups is 1. The summed E-state index contributed by atoms with van der Waals surface area (Å²) >= 11 is 5.93. The fourth-order valence-corrected chi connectivity index (χ4v) is 2.19. The summed E-state index contributed by atoms with van der Waals surface area (Å²) in [7, 11) is 0. The molecule has 2 rings (SSSR count). The second-order valence-electron chi connectivity index (χ2n) is 4.47. The van der Waals surface area contributed by atoms with Gasteiger partial charge in [-0.15, -0.1) is 0 Å². The molecule has 1 aromatic carbocycles. The SMILES string of the molecule is CC1=CC(Cl)=CCN=C1Nc1c(C=O)ccc(F)c1CF. The molecule has 1 aliphatic heterocycles. The zero-order valence-corrected chi connectivity index (χ0v) is 12.0. The van der Waals surface area contributed by atoms with Crippen LogP contribution < -0.4 is 5.32 Å². The smallest absolute Gasteiger partial charge is 0.152 e. The van der Waals surface area contributed by atoms with Crippen LogP contribution in [0.4, 0.5) is 14.5 Å². The molecular weight excluding hydrogens is 298 g/mol. The van der Waals surface area contributed by atoms with Crippen molar-refractivity contribution in [2.24, 2.45) is 4.99 Å². The number of anilines is 1. The maximum atomic E-state index is 13.7. The first kappa shape index (κ1) is 15.4. The number of alkyl halides is 1. The third-order valence-electron chi connectivity index (χ3n) is 3.06. The van der Waals surface area contributed by atoms with E-state index in [1.807, 2.05) is 0 Å². The molecule has 6 heteroatoms. The Morgan fingerprint density at radius 1 is 1.48 bits per heavy atom. The Morgan fingerprint density at radius 2 is 2.24 bits per heavy atom. The van der Waals surface area contributed by atoms with Crippen molar-refractivity contribution >= 4 is 29.4 Å². The molecule has 0 amide bonds. The molecule has 21 heavy (non-hydrogen) atoms. The number of hydrogen-bond donors (Lipinski definition) is 1. The Hall–Kier alpha value is -2.01. The summed E-state index contributed by atoms with van der Waals surface area (Å²) < 4.78 is 26.8. The van der Waals surface area contributed by atoms with Gasteiger partial charge in [-0.3, -0.25) is 9.79 Å². The highest BCUT2D eigenvalue weighted by molar-refractivity contribution is 6.32. The number of nitrogens with one attached hydrogen (secondary N) is 1. The van der Waals surface area contributed by atoms with Crippen LogP contribution in [0.1, 0.15) is 22.8 Å². The molecule has 110 valence electrons. The highest BCUT2D eigenvalue weighted by Gasteiger charge is 2.16. The second-order valence-corrected chi connectivity index (χ2v) is 4.91. The van der Waals surface area contributed by atoms with E-state index in [0.717, 1.165) is 6.07 Å². The number of aldehydes is 1. The molecule has 0 aliphatic carbocycles. The predicted molar refractivity (Wildman–Crippen MR) is 80.2 cm³/mol. The van der Waals surface area contributed by atoms with E-state index in [1.165, 1.54) is 6.07 Å². The molecule has 1 N–H and O–H groups in total. The van der Waals surface area contributed by atoms with Crippen LogP contribution in [0.2, 0.25) is 0 Å². The van der Waals surface area contributed by atoms with E-state index in [2.05, 4.69) is 10.3 Å². The van der Waals surface area contributed by atoms with E-state index in [1.54, 1.807) is 19.1 Å². The van der Waals surface area contributed by atoms with Gasteiger partial charge in [0.2, 0.25) is 0 Å². The minimum absolute atomic E-state index is 0.0945. The molecule has 0 bridgehead atoms. The molecule has 1 aromatic rings. The van der Waals surface area contributed by atoms with Gasteiger partial charge in [0.05, 0.1) is 12.2 Å². The van der Waals surface area contributed by atoms with E-state index < -0.39 is 12.5 Å². The lowest BCUT2D eigenvalue weighted by atomic mass is 10.1. The van der Waals surface area contributed by atoms with Gasteiger partial charge in [0.25, 0.3) is 0 Å². The summed E-state index contributed by atoms with van der Waals surface area (Å²) in [4.78, 5) is 15.3. The minimum Gasteiger partial charge on any atom is -0.339 e. The number of amidine groups is 1. The summed E-state index contributed by atoms with van der Waals surface area (Å²) in [5, 5.41) is 3.39. The van der Waals surface area contributed by atoms with Gasteiger partial charge in [-0.2, -0.15) is 0 Å². The van der Waals surface area contributed by atoms with Crippen LogP contribution in [0, 0.1) is 5.82 Å². The van der Waals surface area contributed by atoms with Gasteiger partial charge in [-0.05, 0) is 36.8 Å². The lowest BCUT2D eigenvalue weighted by molar-refractivity contribution is 0.112. The van der Waals surface area contributed by atoms with Gasteiger partial charge in [0, 0.05) is 16.2 Å². The van der Waals surface area contributed by atoms with Crippen LogP contribution in [0.25, 0.3) is 0 Å². The average molecular weight is 311 g/mol. The number of aliphatic imine (C=N–C) groups is 1. The zero-order valence-electron chi connectivity index (χ0n) is 11.3. The van der Waals surface area contributed by atoms with Crippen LogP contribution in [0.15, 0.2) is 39.9 Å². The third kappa shape index (κ3) is 3.36. The lowest BCUT2D eigenvalue weighted by Crippen LogP contribution is -2.17. The van der Waals surface area contributed by atoms with Crippen LogP contribution in [-0.2, 0) is 6.67 Å². The molecule has 1 aliphatic rings. The summed E-state index contributed by atoms with van der Waals surface area (Å²) in [6.07, 6.45) is 3.94. The molecule has 0 saturated heterocycles. The van der Waals surface area contributed by atoms with Crippen molar-refractivity contribution < 1.29 is 13.6 Å². The topological polar surface area (TPSA) is 41.5 Å². The monoisotopic (exact) mass is 310 g/mol. The Bertz CT molecular complexity index is 666. The zero-order chi connectivity index (χ0) is 15.4. The largest absolute Gasteiger partial charge is 0.339 e. The van der Waals surface area contributed by atoms with Gasteiger partial charge in [-0.1, -0.05) is 11.6 Å². The van der Waals surface area contributed by atoms with Crippen LogP contribution in [0.5, 0.6) is 0 Å². The molecule has 3 nitrogen and oxygen atoms in total. The highest BCUT2D eigenvalue weighted by Crippen LogP contribution is 2.25. The average Bonchev–Trinajstić information content (AvgIpc) is 2.61. The van der Waals surface area contributed by atoms with Gasteiger partial charge < -0.3 is 5.32 Å². The second kappa shape index (κ2) is 6.63. The van der Waals surface area contributed by atoms with E-state index in [9.17, 15) is 13.6 Å². The van der Waals surface area contributed by atoms with E-state index in [-0.39, 0.29) is 16.8 Å². The summed E-state index contributed by atoms with van der Waals surface area (Å²) in [5.74, 6) is -0.289. The normalized spacial score (nSPS) is 14.8. The van der Waals surface area contributed by atoms with Gasteiger partial charge in [0.1, 0.15) is 18.3 Å². The molecule has 0 saturated carbocycles. The molecule has 0 fully saturated rings. The van der Waals surface area contributed by atoms with E-state index in [0.29, 0.717) is 29.3 Å². The number of carbonyl (C=O) groups excluding carboxylic acids is 1. The Balaban J connectivity index is 2.44. The number of hydrogen-bond acceptors (Lipinski definition) is 3. The van der Waals surface area contributed by atoms with Crippen LogP contribution in [-0.4, -0.2) is 18.7 Å². The molecule has 0 aromatic heterocycles. The van der Waals surface area contributed by atoms with E-state index in [4.69, 9.17) is 11.6 Å². The molecule has 0 radical (unpaired) electrons. The number of rotatable bonds is 3. The van der Waals surface area contributed by atoms with Gasteiger partial charge >= 0.3 is 0 Å². The highest BCUT2D eigenvalue weighted by atomic mass is 35.5. The number of nitrogens with zero attached hydrogens (tertiary/aromatic N) is 1. The fourth-order valence-electron chi connectivity index (χ4n) is 1.96. The van der Waals surface area contributed by atoms with Crippen molar-refractivity contribution in [1.29, 1.82) is 0 Å². The summed E-state index contributed by atoms with van der Waals surface area (Å²) in [5.41, 5.74) is 0.776. The van der Waals surface area contributed by atoms with Crippen molar-refractivity contribution in [3.05, 3.63) is 51.8 Å². The van der Waals surface area contributed by atoms with Crippen molar-refractivity contribution in [2.45, 2.75) is 13.6 Å². The molecule has 0 atom stereocenters. The first-order valence-electron chi connectivity index (χ1n) is 6.25. The Kier molecular flexibility index (Phi) is 4.85. The maximum Gasteiger partial charge on any atom is 0.152 e. The predicted octanol–water partition coefficient (Wildman–Crippen LogP) is 4.00. The number of allylic oxidation sites excluding steroid dienone is 2. The van der Waals surface area contributed by atoms with Crippen LogP contribution in [0.3, 0.4) is 0 Å². The minimum atomic E-state index is -1.02. The van der Waals surface area contributed by atoms with Crippen molar-refractivity contribution in [2.75, 3.05) is 11.9 Å². The first-order valence-corrected chi connectivity index (χ1v) is 6.63. The van der Waals surface area contributed by atoms with Crippen molar-refractivity contribution in [3.63, 3.8) is 0 Å². The number of halogens is 3. The van der Waals surface area contributed by atoms with Crippen molar-refractivity contribution in [1.82, 2.24) is 0 Å². The van der Waals surface area contributed by atoms with Gasteiger partial charge in [0.15, 0.2) is 6.29 Å². The fraction of sp³-hybridized carbons (Fsp3) is 0.200. The van der Waals surface area contributed by atoms with Crippen molar-refractivity contribution in [3.8, 4) is 0 Å². The number of benzene rings is 1. The molecular formula is C15H13ClF2N2O. The van der Waals surface area contributed by atoms with Crippen LogP contribution >= 0.6 is 11.6 Å². The van der Waals surface area contributed by atoms with E-state index >= 15 is 0 Å². The first-order chi connectivity index (χ1) is 10.1. The standard InChI is InChI=1S/C15H13ClF2N2O/c1-9-6-11(16)4-5-19-15(9)20-14-10(8-21)2-3-13(18)12(14)7-17/h2-4,6,8H,5,7H2,1H3,(H,19,20). The lowest BCUT2D eigenvalue weighted by Gasteiger charge is -2.15. The Labute approximate surface area is 126 Å². The molecule has 0 unspecified atom stereocenters. The third-order valence-corrected chi connectivity index (χ3v) is 3.32. The molecule has 0 spiro atoms. The summed E-state index contributed by atoms with van der Waals surface area (Å²) in [6, 6.07) is 2.37. The van der Waals surface area contributed by atoms with Gasteiger partial charge in [-0.25, -0.2) is 8.78 Å². The Morgan fingerprint density at radius 3 is 2.90 bits per heavy atom. The maximum absolute atomic E-state index is 13.7. The quantitative estimate of drug-likeness (QED) is 0.857. The summed E-state index contributed by atoms with van der Waals surface area (Å²) in [6.45, 7) is 1.08. The molecule has 1 heterocycles.